The Kier molecular flexibility index (Phi) is 37.7. The van der Waals surface area contributed by atoms with E-state index in [9.17, 15) is 8.42 Å². The van der Waals surface area contributed by atoms with Gasteiger partial charge in [0.2, 0.25) is 0 Å². The summed E-state index contributed by atoms with van der Waals surface area (Å²) in [5, 5.41) is 25.8. The van der Waals surface area contributed by atoms with E-state index in [-0.39, 0.29) is 25.6 Å². The summed E-state index contributed by atoms with van der Waals surface area (Å²) in [5.41, 5.74) is 14.3. The summed E-state index contributed by atoms with van der Waals surface area (Å²) in [6.45, 7) is 1.71. The molecule has 0 fully saturated rings. The Hall–Kier alpha value is -0.370. The lowest BCUT2D eigenvalue weighted by molar-refractivity contribution is 0.306. The van der Waals surface area contributed by atoms with Gasteiger partial charge in [0, 0.05) is 26.2 Å². The molecule has 0 aliphatic heterocycles. The first kappa shape index (κ1) is 27.9. The predicted octanol–water partition coefficient (Wildman–Crippen LogP) is -4.09. The Morgan fingerprint density at radius 2 is 1.15 bits per heavy atom. The molecular weight excluding hydrogens is 292 g/mol. The van der Waals surface area contributed by atoms with Crippen LogP contribution in [0.1, 0.15) is 0 Å². The van der Waals surface area contributed by atoms with Crippen molar-refractivity contribution in [3.8, 4) is 0 Å². The van der Waals surface area contributed by atoms with E-state index in [1.807, 2.05) is 0 Å². The maximum Gasteiger partial charge on any atom is 0.266 e. The van der Waals surface area contributed by atoms with E-state index in [2.05, 4.69) is 5.32 Å². The van der Waals surface area contributed by atoms with Gasteiger partial charge in [0.15, 0.2) is 0 Å². The van der Waals surface area contributed by atoms with Crippen molar-refractivity contribution in [2.24, 2.45) is 17.2 Å². The summed E-state index contributed by atoms with van der Waals surface area (Å²) < 4.78 is 27.9. The van der Waals surface area contributed by atoms with Crippen molar-refractivity contribution in [2.45, 2.75) is 0 Å². The van der Waals surface area contributed by atoms with Crippen molar-refractivity contribution in [1.29, 1.82) is 0 Å². The molecule has 20 heavy (non-hydrogen) atoms. The van der Waals surface area contributed by atoms with Crippen LogP contribution in [0.25, 0.3) is 0 Å². The third-order valence-corrected chi connectivity index (χ3v) is 1.72. The molecule has 0 saturated carbocycles. The van der Waals surface area contributed by atoms with Crippen LogP contribution in [0.2, 0.25) is 0 Å². The summed E-state index contributed by atoms with van der Waals surface area (Å²) in [6, 6.07) is 0. The molecule has 0 aromatic heterocycles. The van der Waals surface area contributed by atoms with Gasteiger partial charge >= 0.3 is 0 Å². The van der Waals surface area contributed by atoms with E-state index >= 15 is 0 Å². The van der Waals surface area contributed by atoms with E-state index in [1.165, 1.54) is 0 Å². The van der Waals surface area contributed by atoms with Crippen LogP contribution < -0.4 is 22.5 Å². The lowest BCUT2D eigenvalue weighted by Gasteiger charge is -1.92. The number of aliphatic hydroxyl groups is 3. The van der Waals surface area contributed by atoms with Crippen molar-refractivity contribution in [3.63, 3.8) is 0 Å². The average molecular weight is 322 g/mol. The molecule has 0 aliphatic carbocycles. The first-order valence-corrected chi connectivity index (χ1v) is 7.44. The van der Waals surface area contributed by atoms with Gasteiger partial charge < -0.3 is 37.8 Å². The van der Waals surface area contributed by atoms with Crippen LogP contribution in [0.3, 0.4) is 0 Å². The number of hydrogen-bond donors (Lipinski definition) is 8. The Morgan fingerprint density at radius 3 is 1.20 bits per heavy atom. The molecule has 0 aromatic carbocycles. The second kappa shape index (κ2) is 27.1. The maximum absolute atomic E-state index is 9.91. The highest BCUT2D eigenvalue weighted by atomic mass is 32.2. The fraction of sp³-hybridized carbons (Fsp3) is 1.00. The van der Waals surface area contributed by atoms with Crippen LogP contribution >= 0.6 is 0 Å². The summed E-state index contributed by atoms with van der Waals surface area (Å²) in [6.07, 6.45) is 0. The zero-order valence-electron chi connectivity index (χ0n) is 11.9. The van der Waals surface area contributed by atoms with Crippen LogP contribution in [0.15, 0.2) is 0 Å². The molecule has 10 nitrogen and oxygen atoms in total. The van der Waals surface area contributed by atoms with Gasteiger partial charge in [0.25, 0.3) is 10.1 Å². The topological polar surface area (TPSA) is 205 Å². The molecule has 0 saturated heterocycles. The van der Waals surface area contributed by atoms with Gasteiger partial charge in [0.05, 0.1) is 25.6 Å². The highest BCUT2D eigenvalue weighted by Gasteiger charge is 1.99. The lowest BCUT2D eigenvalue weighted by atomic mass is 10.8. The van der Waals surface area contributed by atoms with Crippen LogP contribution in [0.5, 0.6) is 0 Å². The monoisotopic (exact) mass is 322 g/mol. The molecule has 0 atom stereocenters. The minimum atomic E-state index is -3.75. The highest BCUT2D eigenvalue weighted by molar-refractivity contribution is 7.85. The molecular formula is C9H30N4O6S. The van der Waals surface area contributed by atoms with Gasteiger partial charge in [-0.2, -0.15) is 8.42 Å². The molecule has 0 bridgehead atoms. The highest BCUT2D eigenvalue weighted by Crippen LogP contribution is 1.76. The summed E-state index contributed by atoms with van der Waals surface area (Å²) in [5.74, 6) is -0.219. The first-order valence-electron chi connectivity index (χ1n) is 5.83. The average Bonchev–Trinajstić information content (AvgIpc) is 2.45. The Morgan fingerprint density at radius 1 is 0.900 bits per heavy atom. The SMILES string of the molecule is CNCCS(=O)(=O)O.NCCO.NCCO.NCCO. The molecule has 0 rings (SSSR count). The standard InChI is InChI=1S/C3H9NO3S.3C2H7NO/c1-4-2-3-8(5,6)7;3*3-1-2-4/h4H,2-3H2,1H3,(H,5,6,7);3*4H,1-3H2. The van der Waals surface area contributed by atoms with Crippen LogP contribution in [-0.4, -0.2) is 87.1 Å². The summed E-state index contributed by atoms with van der Waals surface area (Å²) in [4.78, 5) is 0. The Balaban J connectivity index is -0.0000000917. The molecule has 0 amide bonds. The number of hydrogen-bond acceptors (Lipinski definition) is 9. The van der Waals surface area contributed by atoms with Gasteiger partial charge in [-0.1, -0.05) is 0 Å². The molecule has 11 N–H and O–H groups in total. The minimum absolute atomic E-state index is 0.0972. The van der Waals surface area contributed by atoms with Gasteiger partial charge in [-0.3, -0.25) is 4.55 Å². The summed E-state index contributed by atoms with van der Waals surface area (Å²) in [7, 11) is -2.13. The van der Waals surface area contributed by atoms with Gasteiger partial charge in [-0.25, -0.2) is 0 Å². The van der Waals surface area contributed by atoms with E-state index in [4.69, 9.17) is 37.1 Å². The van der Waals surface area contributed by atoms with Gasteiger partial charge in [-0.05, 0) is 7.05 Å². The molecule has 0 unspecified atom stereocenters. The molecule has 0 aliphatic rings. The molecule has 0 radical (unpaired) electrons. The Bertz CT molecular complexity index is 213. The van der Waals surface area contributed by atoms with Crippen LogP contribution in [-0.2, 0) is 10.1 Å². The first-order chi connectivity index (χ1) is 9.30. The molecule has 0 aromatic rings. The van der Waals surface area contributed by atoms with E-state index in [0.29, 0.717) is 26.2 Å². The quantitative estimate of drug-likeness (QED) is 0.222. The molecule has 128 valence electrons. The lowest BCUT2D eigenvalue weighted by Crippen LogP contribution is -2.18. The van der Waals surface area contributed by atoms with Crippen molar-refractivity contribution in [3.05, 3.63) is 0 Å². The molecule has 0 heterocycles. The fourth-order valence-electron chi connectivity index (χ4n) is 0.231. The third kappa shape index (κ3) is 83.8. The number of rotatable bonds is 6. The molecule has 0 spiro atoms. The second-order valence-electron chi connectivity index (χ2n) is 2.93. The zero-order chi connectivity index (χ0) is 16.9. The smallest absolute Gasteiger partial charge is 0.266 e. The van der Waals surface area contributed by atoms with E-state index < -0.39 is 10.1 Å². The molecule has 11 heteroatoms. The van der Waals surface area contributed by atoms with Crippen LogP contribution in [0.4, 0.5) is 0 Å². The van der Waals surface area contributed by atoms with Crippen molar-refractivity contribution in [1.82, 2.24) is 5.32 Å². The van der Waals surface area contributed by atoms with Gasteiger partial charge in [-0.15, -0.1) is 0 Å². The Labute approximate surface area is 120 Å². The predicted molar refractivity (Wildman–Crippen MR) is 78.8 cm³/mol. The number of nitrogens with two attached hydrogens (primary N) is 3. The van der Waals surface area contributed by atoms with Crippen molar-refractivity contribution >= 4 is 10.1 Å². The fourth-order valence-corrected chi connectivity index (χ4v) is 0.693. The normalized spacial score (nSPS) is 9.20. The van der Waals surface area contributed by atoms with E-state index in [0.717, 1.165) is 0 Å². The second-order valence-corrected chi connectivity index (χ2v) is 4.50. The van der Waals surface area contributed by atoms with Crippen molar-refractivity contribution < 1.29 is 28.3 Å². The maximum atomic E-state index is 9.91. The zero-order valence-corrected chi connectivity index (χ0v) is 12.7. The summed E-state index contributed by atoms with van der Waals surface area (Å²) >= 11 is 0. The number of aliphatic hydroxyl groups excluding tert-OH is 3. The van der Waals surface area contributed by atoms with Crippen molar-refractivity contribution in [2.75, 3.05) is 58.8 Å². The largest absolute Gasteiger partial charge is 0.395 e. The van der Waals surface area contributed by atoms with Gasteiger partial charge in [0.1, 0.15) is 0 Å². The van der Waals surface area contributed by atoms with E-state index in [1.54, 1.807) is 7.05 Å². The number of nitrogens with one attached hydrogen (secondary N) is 1. The third-order valence-electron chi connectivity index (χ3n) is 0.997. The van der Waals surface area contributed by atoms with Crippen LogP contribution in [0, 0.1) is 0 Å². The minimum Gasteiger partial charge on any atom is -0.395 e.